The van der Waals surface area contributed by atoms with Gasteiger partial charge in [-0.2, -0.15) is 0 Å². The van der Waals surface area contributed by atoms with E-state index < -0.39 is 4.92 Å². The summed E-state index contributed by atoms with van der Waals surface area (Å²) in [6, 6.07) is 2.65. The van der Waals surface area contributed by atoms with Crippen molar-refractivity contribution in [2.45, 2.75) is 13.0 Å². The number of fused-ring (bicyclic) bond motifs is 1. The third-order valence-corrected chi connectivity index (χ3v) is 2.68. The van der Waals surface area contributed by atoms with E-state index >= 15 is 0 Å². The first kappa shape index (κ1) is 13.1. The van der Waals surface area contributed by atoms with Crippen LogP contribution in [-0.2, 0) is 4.79 Å². The molecule has 1 aliphatic rings. The number of hydrogen-bond acceptors (Lipinski definition) is 6. The van der Waals surface area contributed by atoms with Crippen LogP contribution in [0.15, 0.2) is 12.1 Å². The van der Waals surface area contributed by atoms with Crippen LogP contribution in [0.3, 0.4) is 0 Å². The first-order chi connectivity index (χ1) is 9.01. The topological polar surface area (TPSA) is 120 Å². The second-order valence-corrected chi connectivity index (χ2v) is 4.24. The summed E-state index contributed by atoms with van der Waals surface area (Å²) in [5, 5.41) is 16.6. The van der Waals surface area contributed by atoms with Crippen molar-refractivity contribution in [3.8, 4) is 5.75 Å². The Kier molecular flexibility index (Phi) is 3.52. The van der Waals surface area contributed by atoms with Gasteiger partial charge in [0.2, 0.25) is 0 Å². The fourth-order valence-electron chi connectivity index (χ4n) is 1.71. The Labute approximate surface area is 109 Å². The number of benzene rings is 1. The molecule has 0 saturated carbocycles. The molecule has 2 rings (SSSR count). The fraction of sp³-hybridized carbons (Fsp3) is 0.364. The highest BCUT2D eigenvalue weighted by Crippen LogP contribution is 2.37. The van der Waals surface area contributed by atoms with Crippen molar-refractivity contribution in [3.63, 3.8) is 0 Å². The number of nitrogens with zero attached hydrogens (tertiary/aromatic N) is 1. The molecule has 0 aliphatic carbocycles. The third kappa shape index (κ3) is 2.74. The molecule has 1 aromatic carbocycles. The van der Waals surface area contributed by atoms with Crippen molar-refractivity contribution in [3.05, 3.63) is 22.2 Å². The number of carbonyl (C=O) groups excluding carboxylic acids is 1. The van der Waals surface area contributed by atoms with E-state index in [-0.39, 0.29) is 30.0 Å². The molecule has 4 N–H and O–H groups in total. The maximum absolute atomic E-state index is 11.2. The van der Waals surface area contributed by atoms with Gasteiger partial charge in [0.1, 0.15) is 5.69 Å². The fourth-order valence-corrected chi connectivity index (χ4v) is 1.71. The van der Waals surface area contributed by atoms with Crippen LogP contribution in [0.2, 0.25) is 0 Å². The Morgan fingerprint density at radius 1 is 1.63 bits per heavy atom. The number of nitro benzene ring substituents is 1. The molecule has 8 heteroatoms. The van der Waals surface area contributed by atoms with Gasteiger partial charge in [-0.3, -0.25) is 14.9 Å². The van der Waals surface area contributed by atoms with E-state index in [0.717, 1.165) is 0 Å². The van der Waals surface area contributed by atoms with E-state index in [4.69, 9.17) is 10.5 Å². The van der Waals surface area contributed by atoms with Crippen LogP contribution in [-0.4, -0.2) is 30.0 Å². The normalized spacial score (nSPS) is 14.9. The summed E-state index contributed by atoms with van der Waals surface area (Å²) < 4.78 is 5.14. The highest BCUT2D eigenvalue weighted by atomic mass is 16.6. The Bertz CT molecular complexity index is 532. The molecule has 1 unspecified atom stereocenters. The average Bonchev–Trinajstić information content (AvgIpc) is 2.37. The van der Waals surface area contributed by atoms with Crippen molar-refractivity contribution < 1.29 is 14.5 Å². The van der Waals surface area contributed by atoms with Gasteiger partial charge in [-0.1, -0.05) is 0 Å². The molecule has 1 atom stereocenters. The number of ether oxygens (including phenoxy) is 1. The standard InChI is InChI=1S/C11H14N4O4/c1-6(4-12)13-7-2-8-10(3-9(7)15(17)18)19-5-11(16)14-8/h2-3,6,13H,4-5,12H2,1H3,(H,14,16). The van der Waals surface area contributed by atoms with Crippen LogP contribution in [0, 0.1) is 10.1 Å². The van der Waals surface area contributed by atoms with Crippen LogP contribution in [0.25, 0.3) is 0 Å². The van der Waals surface area contributed by atoms with Crippen LogP contribution in [0.4, 0.5) is 17.1 Å². The summed E-state index contributed by atoms with van der Waals surface area (Å²) in [4.78, 5) is 21.7. The lowest BCUT2D eigenvalue weighted by Gasteiger charge is -2.20. The van der Waals surface area contributed by atoms with Crippen LogP contribution >= 0.6 is 0 Å². The van der Waals surface area contributed by atoms with Gasteiger partial charge in [0, 0.05) is 12.6 Å². The Balaban J connectivity index is 2.42. The second-order valence-electron chi connectivity index (χ2n) is 4.24. The predicted octanol–water partition coefficient (Wildman–Crippen LogP) is 0.685. The van der Waals surface area contributed by atoms with Gasteiger partial charge in [-0.05, 0) is 13.0 Å². The zero-order valence-corrected chi connectivity index (χ0v) is 10.3. The van der Waals surface area contributed by atoms with Crippen molar-refractivity contribution in [1.82, 2.24) is 0 Å². The number of nitro groups is 1. The molecule has 0 aromatic heterocycles. The molecule has 0 spiro atoms. The SMILES string of the molecule is CC(CN)Nc1cc2c(cc1[N+](=O)[O-])OCC(=O)N2. The number of anilines is 2. The van der Waals surface area contributed by atoms with E-state index in [1.165, 1.54) is 12.1 Å². The minimum absolute atomic E-state index is 0.116. The number of amides is 1. The lowest BCUT2D eigenvalue weighted by Crippen LogP contribution is -2.27. The zero-order chi connectivity index (χ0) is 14.0. The molecule has 1 amide bonds. The molecule has 8 nitrogen and oxygen atoms in total. The van der Waals surface area contributed by atoms with E-state index in [1.54, 1.807) is 6.92 Å². The van der Waals surface area contributed by atoms with Gasteiger partial charge < -0.3 is 21.1 Å². The zero-order valence-electron chi connectivity index (χ0n) is 10.3. The lowest BCUT2D eigenvalue weighted by atomic mass is 10.2. The predicted molar refractivity (Wildman–Crippen MR) is 69.4 cm³/mol. The molecule has 0 saturated heterocycles. The maximum atomic E-state index is 11.2. The van der Waals surface area contributed by atoms with E-state index in [0.29, 0.717) is 17.9 Å². The summed E-state index contributed by atoms with van der Waals surface area (Å²) in [6.45, 7) is 1.99. The number of rotatable bonds is 4. The second kappa shape index (κ2) is 5.11. The number of carbonyl (C=O) groups is 1. The van der Waals surface area contributed by atoms with Gasteiger partial charge in [0.05, 0.1) is 16.7 Å². The number of nitrogens with two attached hydrogens (primary N) is 1. The smallest absolute Gasteiger partial charge is 0.296 e. The molecule has 102 valence electrons. The number of nitrogens with one attached hydrogen (secondary N) is 2. The van der Waals surface area contributed by atoms with Crippen LogP contribution < -0.4 is 21.1 Å². The molecule has 0 fully saturated rings. The van der Waals surface area contributed by atoms with Gasteiger partial charge in [0.25, 0.3) is 11.6 Å². The van der Waals surface area contributed by atoms with Crippen LogP contribution in [0.1, 0.15) is 6.92 Å². The van der Waals surface area contributed by atoms with E-state index in [2.05, 4.69) is 10.6 Å². The summed E-state index contributed by atoms with van der Waals surface area (Å²) in [6.07, 6.45) is 0. The van der Waals surface area contributed by atoms with E-state index in [9.17, 15) is 14.9 Å². The van der Waals surface area contributed by atoms with Crippen LogP contribution in [0.5, 0.6) is 5.75 Å². The molecular weight excluding hydrogens is 252 g/mol. The molecule has 0 radical (unpaired) electrons. The first-order valence-corrected chi connectivity index (χ1v) is 5.73. The minimum Gasteiger partial charge on any atom is -0.481 e. The largest absolute Gasteiger partial charge is 0.481 e. The monoisotopic (exact) mass is 266 g/mol. The Hall–Kier alpha value is -2.35. The lowest BCUT2D eigenvalue weighted by molar-refractivity contribution is -0.384. The van der Waals surface area contributed by atoms with Gasteiger partial charge >= 0.3 is 0 Å². The summed E-state index contributed by atoms with van der Waals surface area (Å²) >= 11 is 0. The average molecular weight is 266 g/mol. The van der Waals surface area contributed by atoms with Crippen molar-refractivity contribution in [2.24, 2.45) is 5.73 Å². The molecular formula is C11H14N4O4. The molecule has 1 aliphatic heterocycles. The maximum Gasteiger partial charge on any atom is 0.296 e. The summed E-state index contributed by atoms with van der Waals surface area (Å²) in [7, 11) is 0. The quantitative estimate of drug-likeness (QED) is 0.544. The highest BCUT2D eigenvalue weighted by Gasteiger charge is 2.24. The first-order valence-electron chi connectivity index (χ1n) is 5.73. The third-order valence-electron chi connectivity index (χ3n) is 2.68. The number of hydrogen-bond donors (Lipinski definition) is 3. The minimum atomic E-state index is -0.508. The molecule has 1 aromatic rings. The van der Waals surface area contributed by atoms with Gasteiger partial charge in [0.15, 0.2) is 12.4 Å². The van der Waals surface area contributed by atoms with Gasteiger partial charge in [-0.25, -0.2) is 0 Å². The van der Waals surface area contributed by atoms with Crippen molar-refractivity contribution >= 4 is 23.0 Å². The van der Waals surface area contributed by atoms with Crippen molar-refractivity contribution in [2.75, 3.05) is 23.8 Å². The summed E-state index contributed by atoms with van der Waals surface area (Å²) in [5.74, 6) is -0.00331. The molecule has 0 bridgehead atoms. The highest BCUT2D eigenvalue weighted by molar-refractivity contribution is 5.96. The Morgan fingerprint density at radius 2 is 2.37 bits per heavy atom. The summed E-state index contributed by atoms with van der Waals surface area (Å²) in [5.41, 5.74) is 6.07. The van der Waals surface area contributed by atoms with Gasteiger partial charge in [-0.15, -0.1) is 0 Å². The van der Waals surface area contributed by atoms with E-state index in [1.807, 2.05) is 0 Å². The van der Waals surface area contributed by atoms with Crippen molar-refractivity contribution in [1.29, 1.82) is 0 Å². The molecule has 19 heavy (non-hydrogen) atoms. The molecule has 1 heterocycles. The Morgan fingerprint density at radius 3 is 3.00 bits per heavy atom.